The van der Waals surface area contributed by atoms with Crippen molar-refractivity contribution in [3.8, 4) is 0 Å². The number of nitrogens with zero attached hydrogens (tertiary/aromatic N) is 2. The molecule has 0 atom stereocenters. The monoisotopic (exact) mass is 352 g/mol. The number of hydrogen-bond donors (Lipinski definition) is 1. The molecule has 1 aromatic heterocycles. The minimum atomic E-state index is -0.0771. The van der Waals surface area contributed by atoms with Gasteiger partial charge in [0, 0.05) is 12.1 Å². The summed E-state index contributed by atoms with van der Waals surface area (Å²) in [5, 5.41) is 10.3. The third-order valence-corrected chi connectivity index (χ3v) is 4.94. The van der Waals surface area contributed by atoms with Gasteiger partial charge in [-0.25, -0.2) is 4.98 Å². The Morgan fingerprint density at radius 1 is 1.12 bits per heavy atom. The summed E-state index contributed by atoms with van der Waals surface area (Å²) >= 11 is 1.40. The summed E-state index contributed by atoms with van der Waals surface area (Å²) in [4.78, 5) is 16.7. The van der Waals surface area contributed by atoms with Crippen molar-refractivity contribution in [2.75, 3.05) is 5.75 Å². The first kappa shape index (κ1) is 17.5. The fourth-order valence-electron chi connectivity index (χ4n) is 2.52. The van der Waals surface area contributed by atoms with Crippen LogP contribution in [0.5, 0.6) is 0 Å². The lowest BCUT2D eigenvalue weighted by molar-refractivity contribution is 0.102. The molecule has 25 heavy (non-hydrogen) atoms. The highest BCUT2D eigenvalue weighted by Gasteiger charge is 2.13. The van der Waals surface area contributed by atoms with Crippen LogP contribution in [0.15, 0.2) is 66.0 Å². The molecule has 5 heteroatoms. The van der Waals surface area contributed by atoms with Crippen molar-refractivity contribution in [3.63, 3.8) is 0 Å². The molecule has 0 unspecified atom stereocenters. The Balaban J connectivity index is 1.73. The average molecular weight is 352 g/mol. The summed E-state index contributed by atoms with van der Waals surface area (Å²) in [6.45, 7) is 2.55. The zero-order chi connectivity index (χ0) is 17.6. The van der Waals surface area contributed by atoms with Gasteiger partial charge in [-0.3, -0.25) is 4.79 Å². The lowest BCUT2D eigenvalue weighted by Crippen LogP contribution is -2.08. The van der Waals surface area contributed by atoms with E-state index in [2.05, 4.69) is 4.98 Å². The highest BCUT2D eigenvalue weighted by Crippen LogP contribution is 2.21. The molecular weight excluding hydrogens is 332 g/mol. The van der Waals surface area contributed by atoms with Gasteiger partial charge in [0.2, 0.25) is 0 Å². The van der Waals surface area contributed by atoms with Crippen LogP contribution in [0.3, 0.4) is 0 Å². The van der Waals surface area contributed by atoms with Gasteiger partial charge in [-0.15, -0.1) is 0 Å². The second kappa shape index (κ2) is 8.14. The molecule has 0 radical (unpaired) electrons. The number of carbonyl (C=O) groups excluding carboxylic acids is 1. The maximum atomic E-state index is 12.4. The summed E-state index contributed by atoms with van der Waals surface area (Å²) in [6, 6.07) is 17.6. The maximum Gasteiger partial charge on any atom is 0.173 e. The van der Waals surface area contributed by atoms with E-state index < -0.39 is 0 Å². The molecule has 128 valence electrons. The number of Topliss-reactive ketones (excluding diaryl/α,β-unsaturated/α-hetero) is 1. The van der Waals surface area contributed by atoms with E-state index >= 15 is 0 Å². The first-order chi connectivity index (χ1) is 12.2. The van der Waals surface area contributed by atoms with E-state index in [-0.39, 0.29) is 12.4 Å². The van der Waals surface area contributed by atoms with Crippen LogP contribution in [0.2, 0.25) is 0 Å². The number of imidazole rings is 1. The van der Waals surface area contributed by atoms with Gasteiger partial charge in [-0.2, -0.15) is 0 Å². The molecule has 0 aliphatic rings. The Bertz CT molecular complexity index is 842. The molecule has 1 N–H and O–H groups in total. The number of aryl methyl sites for hydroxylation is 1. The fraction of sp³-hybridized carbons (Fsp3) is 0.200. The number of ketones is 1. The van der Waals surface area contributed by atoms with Crippen molar-refractivity contribution in [3.05, 3.63) is 83.2 Å². The van der Waals surface area contributed by atoms with Crippen LogP contribution in [0.25, 0.3) is 0 Å². The zero-order valence-corrected chi connectivity index (χ0v) is 14.9. The van der Waals surface area contributed by atoms with Gasteiger partial charge in [0.15, 0.2) is 10.9 Å². The van der Waals surface area contributed by atoms with Crippen LogP contribution in [-0.4, -0.2) is 26.2 Å². The van der Waals surface area contributed by atoms with Crippen LogP contribution in [0, 0.1) is 6.92 Å². The molecule has 3 rings (SSSR count). The summed E-state index contributed by atoms with van der Waals surface area (Å²) in [5.41, 5.74) is 3.72. The Morgan fingerprint density at radius 2 is 1.84 bits per heavy atom. The summed E-state index contributed by atoms with van der Waals surface area (Å²) in [6.07, 6.45) is 1.67. The van der Waals surface area contributed by atoms with Gasteiger partial charge in [0.1, 0.15) is 0 Å². The maximum absolute atomic E-state index is 12.4. The summed E-state index contributed by atoms with van der Waals surface area (Å²) < 4.78 is 1.96. The molecular formula is C20H20N2O2S. The van der Waals surface area contributed by atoms with E-state index in [9.17, 15) is 9.90 Å². The molecule has 0 fully saturated rings. The predicted molar refractivity (Wildman–Crippen MR) is 99.9 cm³/mol. The van der Waals surface area contributed by atoms with Crippen molar-refractivity contribution in [2.45, 2.75) is 25.2 Å². The van der Waals surface area contributed by atoms with E-state index in [4.69, 9.17) is 0 Å². The molecule has 4 nitrogen and oxygen atoms in total. The summed E-state index contributed by atoms with van der Waals surface area (Å²) in [7, 11) is 0. The molecule has 3 aromatic rings. The van der Waals surface area contributed by atoms with E-state index in [1.165, 1.54) is 11.8 Å². The van der Waals surface area contributed by atoms with Crippen LogP contribution in [0.4, 0.5) is 0 Å². The Hall–Kier alpha value is -2.37. The van der Waals surface area contributed by atoms with E-state index in [0.717, 1.165) is 22.0 Å². The number of thioether (sulfide) groups is 1. The Kier molecular flexibility index (Phi) is 5.68. The fourth-order valence-corrected chi connectivity index (χ4v) is 3.41. The van der Waals surface area contributed by atoms with Crippen LogP contribution in [-0.2, 0) is 13.2 Å². The van der Waals surface area contributed by atoms with E-state index in [0.29, 0.717) is 17.9 Å². The number of benzene rings is 2. The highest BCUT2D eigenvalue weighted by atomic mass is 32.2. The van der Waals surface area contributed by atoms with E-state index in [1.807, 2.05) is 66.1 Å². The quantitative estimate of drug-likeness (QED) is 0.520. The Morgan fingerprint density at radius 3 is 2.52 bits per heavy atom. The molecule has 0 saturated carbocycles. The third kappa shape index (κ3) is 4.38. The minimum Gasteiger partial charge on any atom is -0.390 e. The molecule has 0 aliphatic carbocycles. The van der Waals surface area contributed by atoms with Gasteiger partial charge >= 0.3 is 0 Å². The number of aliphatic hydroxyl groups excluding tert-OH is 1. The minimum absolute atomic E-state index is 0.0739. The SMILES string of the molecule is Cc1ccc(C(=O)CSc2ncc(CO)n2Cc2ccccc2)cc1. The topological polar surface area (TPSA) is 55.1 Å². The van der Waals surface area contributed by atoms with Crippen molar-refractivity contribution in [1.29, 1.82) is 0 Å². The third-order valence-electron chi connectivity index (χ3n) is 3.95. The van der Waals surface area contributed by atoms with Gasteiger partial charge in [-0.05, 0) is 12.5 Å². The largest absolute Gasteiger partial charge is 0.390 e. The van der Waals surface area contributed by atoms with Gasteiger partial charge in [0.05, 0.1) is 24.3 Å². The number of aliphatic hydroxyl groups is 1. The number of hydrogen-bond acceptors (Lipinski definition) is 4. The molecule has 0 amide bonds. The van der Waals surface area contributed by atoms with Crippen LogP contribution < -0.4 is 0 Å². The van der Waals surface area contributed by atoms with E-state index in [1.54, 1.807) is 6.20 Å². The van der Waals surface area contributed by atoms with Crippen LogP contribution >= 0.6 is 11.8 Å². The van der Waals surface area contributed by atoms with Crippen molar-refractivity contribution >= 4 is 17.5 Å². The predicted octanol–water partition coefficient (Wildman–Crippen LogP) is 3.71. The van der Waals surface area contributed by atoms with Crippen LogP contribution in [0.1, 0.15) is 27.2 Å². The first-order valence-corrected chi connectivity index (χ1v) is 9.08. The smallest absolute Gasteiger partial charge is 0.173 e. The average Bonchev–Trinajstić information content (AvgIpc) is 3.03. The van der Waals surface area contributed by atoms with Crippen molar-refractivity contribution in [1.82, 2.24) is 9.55 Å². The number of carbonyl (C=O) groups is 1. The van der Waals surface area contributed by atoms with Crippen molar-refractivity contribution in [2.24, 2.45) is 0 Å². The van der Waals surface area contributed by atoms with Gasteiger partial charge in [0.25, 0.3) is 0 Å². The second-order valence-electron chi connectivity index (χ2n) is 5.84. The van der Waals surface area contributed by atoms with Gasteiger partial charge in [-0.1, -0.05) is 71.9 Å². The molecule has 1 heterocycles. The van der Waals surface area contributed by atoms with Crippen molar-refractivity contribution < 1.29 is 9.90 Å². The summed E-state index contributed by atoms with van der Waals surface area (Å²) in [5.74, 6) is 0.393. The van der Waals surface area contributed by atoms with Gasteiger partial charge < -0.3 is 9.67 Å². The normalized spacial score (nSPS) is 10.8. The first-order valence-electron chi connectivity index (χ1n) is 8.09. The standard InChI is InChI=1S/C20H20N2O2S/c1-15-7-9-17(10-8-15)19(24)14-25-20-21-11-18(13-23)22(20)12-16-5-3-2-4-6-16/h2-11,23H,12-14H2,1H3. The highest BCUT2D eigenvalue weighted by molar-refractivity contribution is 7.99. The Labute approximate surface area is 151 Å². The number of rotatable bonds is 7. The molecule has 0 bridgehead atoms. The second-order valence-corrected chi connectivity index (χ2v) is 6.78. The molecule has 0 saturated heterocycles. The number of aromatic nitrogens is 2. The lowest BCUT2D eigenvalue weighted by Gasteiger charge is -2.10. The molecule has 0 aliphatic heterocycles. The molecule has 0 spiro atoms. The lowest BCUT2D eigenvalue weighted by atomic mass is 10.1. The molecule has 2 aromatic carbocycles. The zero-order valence-electron chi connectivity index (χ0n) is 14.1.